The Balaban J connectivity index is 1.64. The average Bonchev–Trinajstić information content (AvgIpc) is 3.20. The van der Waals surface area contributed by atoms with Gasteiger partial charge in [-0.3, -0.25) is 4.72 Å². The monoisotopic (exact) mass is 510 g/mol. The van der Waals surface area contributed by atoms with E-state index in [-0.39, 0.29) is 0 Å². The number of aromatic nitrogens is 2. The van der Waals surface area contributed by atoms with Crippen molar-refractivity contribution in [3.05, 3.63) is 95.3 Å². The summed E-state index contributed by atoms with van der Waals surface area (Å²) in [5.41, 5.74) is 5.48. The molecule has 0 saturated carbocycles. The van der Waals surface area contributed by atoms with E-state index in [1.165, 1.54) is 23.3 Å². The molecule has 192 valence electrons. The lowest BCUT2D eigenvalue weighted by Gasteiger charge is -2.18. The molecule has 1 aromatic heterocycles. The van der Waals surface area contributed by atoms with Crippen molar-refractivity contribution in [3.63, 3.8) is 0 Å². The largest absolute Gasteiger partial charge is 0.370 e. The Kier molecular flexibility index (Phi) is 9.29. The van der Waals surface area contributed by atoms with Crippen molar-refractivity contribution in [2.45, 2.75) is 44.9 Å². The number of aryl methyl sites for hydroxylation is 2. The lowest BCUT2D eigenvalue weighted by molar-refractivity contribution is 0.577. The van der Waals surface area contributed by atoms with E-state index in [4.69, 9.17) is 0 Å². The topological polar surface area (TPSA) is 41.9 Å². The highest BCUT2D eigenvalue weighted by atomic mass is 32.2. The first kappa shape index (κ1) is 27.4. The van der Waals surface area contributed by atoms with Crippen molar-refractivity contribution in [3.8, 4) is 0 Å². The maximum absolute atomic E-state index is 13.6. The van der Waals surface area contributed by atoms with Gasteiger partial charge in [-0.25, -0.2) is 13.5 Å². The van der Waals surface area contributed by atoms with E-state index in [0.717, 1.165) is 54.5 Å². The number of nitrogens with zero attached hydrogens (tertiary/aromatic N) is 2. The normalized spacial score (nSPS) is 12.1. The number of hydrogen-bond acceptors (Lipinski definition) is 3. The van der Waals surface area contributed by atoms with Gasteiger partial charge in [-0.15, -0.1) is 9.39 Å². The summed E-state index contributed by atoms with van der Waals surface area (Å²) in [6, 6.07) is 11.6. The molecule has 0 aliphatic heterocycles. The highest BCUT2D eigenvalue weighted by molar-refractivity contribution is 8.26. The average molecular weight is 511 g/mol. The van der Waals surface area contributed by atoms with Crippen LogP contribution in [0.3, 0.4) is 0 Å². The van der Waals surface area contributed by atoms with E-state index in [0.29, 0.717) is 11.4 Å². The van der Waals surface area contributed by atoms with Crippen LogP contribution in [0.2, 0.25) is 0 Å². The summed E-state index contributed by atoms with van der Waals surface area (Å²) < 4.78 is 32.4. The maximum Gasteiger partial charge on any atom is 0.128 e. The second-order valence-electron chi connectivity index (χ2n) is 8.91. The van der Waals surface area contributed by atoms with Crippen LogP contribution >= 0.6 is 9.39 Å². The Labute approximate surface area is 214 Å². The van der Waals surface area contributed by atoms with Crippen LogP contribution in [0.4, 0.5) is 8.78 Å². The molecule has 0 spiro atoms. The van der Waals surface area contributed by atoms with Crippen molar-refractivity contribution in [1.29, 1.82) is 0 Å². The van der Waals surface area contributed by atoms with Crippen molar-refractivity contribution in [2.75, 3.05) is 13.1 Å². The summed E-state index contributed by atoms with van der Waals surface area (Å²) >= 11 is 0. The first-order chi connectivity index (χ1) is 17.1. The second-order valence-corrected chi connectivity index (χ2v) is 11.4. The van der Waals surface area contributed by atoms with Crippen molar-refractivity contribution in [2.24, 2.45) is 0 Å². The summed E-state index contributed by atoms with van der Waals surface area (Å²) in [4.78, 5) is 0.457. The molecule has 0 bridgehead atoms. The first-order valence-electron chi connectivity index (χ1n) is 12.1. The molecule has 7 heteroatoms. The molecule has 0 fully saturated rings. The van der Waals surface area contributed by atoms with Crippen LogP contribution < -0.4 is 10.0 Å². The Bertz CT molecular complexity index is 1330. The fourth-order valence-electron chi connectivity index (χ4n) is 3.97. The van der Waals surface area contributed by atoms with Crippen molar-refractivity contribution in [1.82, 2.24) is 19.8 Å². The molecule has 2 N–H and O–H groups in total. The molecule has 0 amide bonds. The summed E-state index contributed by atoms with van der Waals surface area (Å²) in [6.45, 7) is 11.9. The first-order valence-corrected chi connectivity index (χ1v) is 14.0. The zero-order valence-corrected chi connectivity index (χ0v) is 22.2. The van der Waals surface area contributed by atoms with Crippen LogP contribution in [0.1, 0.15) is 42.1 Å². The standard InChI is InChI=1S/C29H36F2N4S/c1-7-24-20-33-35(23(24)4)29(16-22(3)28-13-9-8-12-21(28)2)32-14-10-11-15-34-36(5,6)27-18-25(30)17-26(31)19-27/h8-9,12-13,16-20,32,34H,3,5-7,10-11,14-15H2,1-2,4H3/b29-16-. The smallest absolute Gasteiger partial charge is 0.128 e. The minimum absolute atomic E-state index is 0.457. The number of allylic oxidation sites excluding steroid dienone is 2. The van der Waals surface area contributed by atoms with Gasteiger partial charge in [0.15, 0.2) is 0 Å². The molecular weight excluding hydrogens is 474 g/mol. The maximum atomic E-state index is 13.6. The molecule has 0 saturated heterocycles. The molecular formula is C29H36F2N4S. The molecule has 36 heavy (non-hydrogen) atoms. The van der Waals surface area contributed by atoms with Crippen LogP contribution in [0.15, 0.2) is 66.2 Å². The SMILES string of the molecule is C=C(/C=C(/NCCCCNS(=C)(=C)c1cc(F)cc(F)c1)n1ncc(CC)c1C)c1ccccc1C. The molecule has 0 aliphatic carbocycles. The van der Waals surface area contributed by atoms with Gasteiger partial charge in [0.1, 0.15) is 17.5 Å². The van der Waals surface area contributed by atoms with Gasteiger partial charge in [0.25, 0.3) is 0 Å². The third-order valence-corrected chi connectivity index (χ3v) is 7.99. The van der Waals surface area contributed by atoms with Crippen LogP contribution in [0, 0.1) is 25.5 Å². The zero-order chi connectivity index (χ0) is 26.3. The van der Waals surface area contributed by atoms with Crippen LogP contribution in [0.25, 0.3) is 11.4 Å². The summed E-state index contributed by atoms with van der Waals surface area (Å²) in [5.74, 6) is 7.79. The molecule has 1 heterocycles. The predicted molar refractivity (Wildman–Crippen MR) is 153 cm³/mol. The third-order valence-electron chi connectivity index (χ3n) is 6.10. The fourth-order valence-corrected chi connectivity index (χ4v) is 5.35. The summed E-state index contributed by atoms with van der Waals surface area (Å²) in [5, 5.41) is 8.14. The lowest BCUT2D eigenvalue weighted by atomic mass is 10.0. The lowest BCUT2D eigenvalue weighted by Crippen LogP contribution is -2.21. The van der Waals surface area contributed by atoms with Gasteiger partial charge in [0, 0.05) is 29.7 Å². The minimum Gasteiger partial charge on any atom is -0.370 e. The zero-order valence-electron chi connectivity index (χ0n) is 21.4. The molecule has 2 aromatic carbocycles. The van der Waals surface area contributed by atoms with E-state index in [9.17, 15) is 8.78 Å². The third kappa shape index (κ3) is 6.95. The van der Waals surface area contributed by atoms with E-state index in [2.05, 4.69) is 66.4 Å². The number of hydrogen-bond donors (Lipinski definition) is 2. The van der Waals surface area contributed by atoms with Gasteiger partial charge in [0.2, 0.25) is 0 Å². The molecule has 3 rings (SSSR count). The van der Waals surface area contributed by atoms with E-state index in [1.54, 1.807) is 0 Å². The number of unbranched alkanes of at least 4 members (excludes halogenated alkanes) is 1. The Morgan fingerprint density at radius 3 is 2.36 bits per heavy atom. The highest BCUT2D eigenvalue weighted by Crippen LogP contribution is 2.29. The van der Waals surface area contributed by atoms with E-state index in [1.807, 2.05) is 29.1 Å². The summed E-state index contributed by atoms with van der Waals surface area (Å²) in [6.07, 6.45) is 6.58. The van der Waals surface area contributed by atoms with E-state index >= 15 is 0 Å². The molecule has 0 atom stereocenters. The summed E-state index contributed by atoms with van der Waals surface area (Å²) in [7, 11) is -2.00. The number of nitrogens with one attached hydrogen (secondary N) is 2. The van der Waals surface area contributed by atoms with Gasteiger partial charge in [-0.05, 0) is 73.6 Å². The second kappa shape index (κ2) is 12.2. The van der Waals surface area contributed by atoms with Gasteiger partial charge in [-0.2, -0.15) is 5.10 Å². The number of benzene rings is 2. The minimum atomic E-state index is -2.00. The number of halogens is 2. The Morgan fingerprint density at radius 2 is 1.72 bits per heavy atom. The van der Waals surface area contributed by atoms with Crippen LogP contribution in [-0.2, 0) is 6.42 Å². The molecule has 0 unspecified atom stereocenters. The van der Waals surface area contributed by atoms with Gasteiger partial charge in [-0.1, -0.05) is 49.5 Å². The molecule has 4 nitrogen and oxygen atoms in total. The number of rotatable bonds is 12. The van der Waals surface area contributed by atoms with Crippen molar-refractivity contribution >= 4 is 32.5 Å². The van der Waals surface area contributed by atoms with Crippen molar-refractivity contribution < 1.29 is 8.78 Å². The van der Waals surface area contributed by atoms with Gasteiger partial charge < -0.3 is 5.32 Å². The van der Waals surface area contributed by atoms with Crippen LogP contribution in [-0.4, -0.2) is 34.6 Å². The Hall–Kier alpha value is -3.16. The molecule has 3 aromatic rings. The predicted octanol–water partition coefficient (Wildman–Crippen LogP) is 6.45. The van der Waals surface area contributed by atoms with Crippen LogP contribution in [0.5, 0.6) is 0 Å². The molecule has 0 radical (unpaired) electrons. The molecule has 0 aliphatic rings. The quantitative estimate of drug-likeness (QED) is 0.167. The van der Waals surface area contributed by atoms with E-state index < -0.39 is 21.0 Å². The fraction of sp³-hybridized carbons (Fsp3) is 0.276. The van der Waals surface area contributed by atoms with Gasteiger partial charge in [0.05, 0.1) is 6.20 Å². The Morgan fingerprint density at radius 1 is 1.06 bits per heavy atom. The highest BCUT2D eigenvalue weighted by Gasteiger charge is 2.11. The van der Waals surface area contributed by atoms with Gasteiger partial charge >= 0.3 is 0 Å².